The molecule has 4 rings (SSSR count). The molecule has 0 saturated heterocycles. The van der Waals surface area contributed by atoms with Gasteiger partial charge >= 0.3 is 0 Å². The molecule has 0 fully saturated rings. The van der Waals surface area contributed by atoms with Gasteiger partial charge in [0, 0.05) is 16.8 Å². The Hall–Kier alpha value is -4.41. The number of hydrogen-bond donors (Lipinski definition) is 1. The number of tetrazole rings is 1. The minimum Gasteiger partial charge on any atom is -0.467 e. The number of furan rings is 1. The van der Waals surface area contributed by atoms with Crippen molar-refractivity contribution in [3.05, 3.63) is 84.3 Å². The number of benzene rings is 2. The fraction of sp³-hybridized carbons (Fsp3) is 0.240. The first-order valence-electron chi connectivity index (χ1n) is 11.1. The second kappa shape index (κ2) is 10.1. The predicted octanol–water partition coefficient (Wildman–Crippen LogP) is 3.90. The lowest BCUT2D eigenvalue weighted by Crippen LogP contribution is -2.50. The molecule has 0 radical (unpaired) electrons. The van der Waals surface area contributed by atoms with Gasteiger partial charge in [0.2, 0.25) is 5.82 Å². The normalized spacial score (nSPS) is 12.2. The lowest BCUT2D eigenvalue weighted by atomic mass is 10.1. The van der Waals surface area contributed by atoms with E-state index in [1.807, 2.05) is 0 Å². The largest absolute Gasteiger partial charge is 0.467 e. The number of carbonyl (C=O) groups is 2. The van der Waals surface area contributed by atoms with Crippen LogP contribution in [0, 0.1) is 11.6 Å². The molecule has 4 aromatic rings. The highest BCUT2D eigenvalue weighted by molar-refractivity contribution is 6.01. The third-order valence-electron chi connectivity index (χ3n) is 5.00. The van der Waals surface area contributed by atoms with Gasteiger partial charge in [0.1, 0.15) is 23.9 Å². The van der Waals surface area contributed by atoms with Crippen LogP contribution in [0.1, 0.15) is 32.6 Å². The van der Waals surface area contributed by atoms with Crippen molar-refractivity contribution in [3.63, 3.8) is 0 Å². The van der Waals surface area contributed by atoms with E-state index < -0.39 is 41.6 Å². The summed E-state index contributed by atoms with van der Waals surface area (Å²) in [5, 5.41) is 14.9. The van der Waals surface area contributed by atoms with E-state index in [1.165, 1.54) is 48.7 Å². The third kappa shape index (κ3) is 5.80. The highest BCUT2D eigenvalue weighted by atomic mass is 19.1. The Bertz CT molecular complexity index is 1350. The van der Waals surface area contributed by atoms with Crippen LogP contribution < -0.4 is 10.2 Å². The molecule has 2 heterocycles. The molecule has 2 amide bonds. The molecular weight excluding hydrogens is 470 g/mol. The van der Waals surface area contributed by atoms with E-state index >= 15 is 0 Å². The van der Waals surface area contributed by atoms with Gasteiger partial charge in [-0.2, -0.15) is 4.80 Å². The van der Waals surface area contributed by atoms with Crippen LogP contribution >= 0.6 is 0 Å². The van der Waals surface area contributed by atoms with Crippen LogP contribution in [0.5, 0.6) is 0 Å². The Morgan fingerprint density at radius 1 is 1.06 bits per heavy atom. The summed E-state index contributed by atoms with van der Waals surface area (Å²) in [4.78, 5) is 29.2. The highest BCUT2D eigenvalue weighted by Gasteiger charge is 2.36. The quantitative estimate of drug-likeness (QED) is 0.418. The summed E-state index contributed by atoms with van der Waals surface area (Å²) >= 11 is 0. The Balaban J connectivity index is 1.70. The average molecular weight is 495 g/mol. The molecule has 0 saturated carbocycles. The smallest absolute Gasteiger partial charge is 0.251 e. The van der Waals surface area contributed by atoms with Gasteiger partial charge in [-0.05, 0) is 80.6 Å². The van der Waals surface area contributed by atoms with Crippen LogP contribution in [0.2, 0.25) is 0 Å². The number of aromatic nitrogens is 4. The molecule has 0 bridgehead atoms. The lowest BCUT2D eigenvalue weighted by Gasteiger charge is -2.32. The molecule has 2 aromatic heterocycles. The Morgan fingerprint density at radius 2 is 1.81 bits per heavy atom. The van der Waals surface area contributed by atoms with Crippen LogP contribution in [-0.2, 0) is 16.1 Å². The minimum absolute atomic E-state index is 0.143. The highest BCUT2D eigenvalue weighted by Crippen LogP contribution is 2.30. The predicted molar refractivity (Wildman–Crippen MR) is 126 cm³/mol. The topological polar surface area (TPSA) is 106 Å². The van der Waals surface area contributed by atoms with Crippen LogP contribution in [0.4, 0.5) is 14.5 Å². The molecule has 9 nitrogen and oxygen atoms in total. The van der Waals surface area contributed by atoms with E-state index in [2.05, 4.69) is 20.7 Å². The van der Waals surface area contributed by atoms with E-state index in [0.717, 1.165) is 15.8 Å². The van der Waals surface area contributed by atoms with Gasteiger partial charge in [-0.1, -0.05) is 6.07 Å². The maximum absolute atomic E-state index is 14.2. The number of nitrogens with one attached hydrogen (secondary N) is 1. The van der Waals surface area contributed by atoms with Crippen molar-refractivity contribution in [3.8, 4) is 11.4 Å². The number of anilines is 1. The Morgan fingerprint density at radius 3 is 2.44 bits per heavy atom. The number of halogens is 2. The van der Waals surface area contributed by atoms with Gasteiger partial charge in [0.25, 0.3) is 11.8 Å². The molecule has 0 spiro atoms. The van der Waals surface area contributed by atoms with E-state index in [1.54, 1.807) is 32.9 Å². The lowest BCUT2D eigenvalue weighted by molar-refractivity contribution is -0.128. The van der Waals surface area contributed by atoms with E-state index in [-0.39, 0.29) is 17.3 Å². The van der Waals surface area contributed by atoms with Gasteiger partial charge in [0.15, 0.2) is 6.04 Å². The van der Waals surface area contributed by atoms with E-state index in [9.17, 15) is 18.4 Å². The summed E-state index contributed by atoms with van der Waals surface area (Å²) in [6.45, 7) is 4.99. The number of carbonyl (C=O) groups excluding carboxylic acids is 2. The molecule has 11 heteroatoms. The molecule has 1 N–H and O–H groups in total. The van der Waals surface area contributed by atoms with Crippen molar-refractivity contribution in [2.75, 3.05) is 4.90 Å². The first kappa shape index (κ1) is 24.7. The second-order valence-electron chi connectivity index (χ2n) is 9.05. The second-order valence-corrected chi connectivity index (χ2v) is 9.05. The summed E-state index contributed by atoms with van der Waals surface area (Å²) in [5.41, 5.74) is 0.0373. The van der Waals surface area contributed by atoms with Gasteiger partial charge in [-0.3, -0.25) is 14.5 Å². The SMILES string of the molecule is CC(C)(C)NC(=O)[C@H](c1ccco1)N(C(=O)Cn1nnc(-c2ccc(F)cc2)n1)c1cccc(F)c1. The Labute approximate surface area is 205 Å². The van der Waals surface area contributed by atoms with Crippen LogP contribution in [-0.4, -0.2) is 37.6 Å². The first-order chi connectivity index (χ1) is 17.1. The number of nitrogens with zero attached hydrogens (tertiary/aromatic N) is 5. The monoisotopic (exact) mass is 494 g/mol. The maximum atomic E-state index is 14.2. The van der Waals surface area contributed by atoms with Crippen molar-refractivity contribution < 1.29 is 22.8 Å². The molecule has 0 aliphatic heterocycles. The molecule has 0 unspecified atom stereocenters. The maximum Gasteiger partial charge on any atom is 0.251 e. The number of rotatable bonds is 7. The number of amides is 2. The summed E-state index contributed by atoms with van der Waals surface area (Å²) < 4.78 is 32.9. The summed E-state index contributed by atoms with van der Waals surface area (Å²) in [7, 11) is 0. The summed E-state index contributed by atoms with van der Waals surface area (Å²) in [6.07, 6.45) is 1.38. The van der Waals surface area contributed by atoms with E-state index in [4.69, 9.17) is 4.42 Å². The fourth-order valence-corrected chi connectivity index (χ4v) is 3.54. The van der Waals surface area contributed by atoms with Gasteiger partial charge in [-0.15, -0.1) is 10.2 Å². The summed E-state index contributed by atoms with van der Waals surface area (Å²) in [5.74, 6) is -1.76. The minimum atomic E-state index is -1.24. The third-order valence-corrected chi connectivity index (χ3v) is 5.00. The van der Waals surface area contributed by atoms with Gasteiger partial charge < -0.3 is 9.73 Å². The van der Waals surface area contributed by atoms with Gasteiger partial charge in [-0.25, -0.2) is 8.78 Å². The van der Waals surface area contributed by atoms with Crippen molar-refractivity contribution in [1.29, 1.82) is 0 Å². The zero-order chi connectivity index (χ0) is 25.9. The molecule has 0 aliphatic rings. The van der Waals surface area contributed by atoms with E-state index in [0.29, 0.717) is 5.56 Å². The van der Waals surface area contributed by atoms with Crippen molar-refractivity contribution >= 4 is 17.5 Å². The van der Waals surface area contributed by atoms with Crippen LogP contribution in [0.3, 0.4) is 0 Å². The zero-order valence-corrected chi connectivity index (χ0v) is 19.9. The molecule has 186 valence electrons. The standard InChI is InChI=1S/C25H24F2N6O3/c1-25(2,3)28-24(35)22(20-8-5-13-36-20)33(19-7-4-6-18(27)14-19)21(34)15-32-30-23(29-31-32)16-9-11-17(26)12-10-16/h4-14,22H,15H2,1-3H3,(H,28,35)/t22-/m0/s1. The Kier molecular flexibility index (Phi) is 6.91. The van der Waals surface area contributed by atoms with Gasteiger partial charge in [0.05, 0.1) is 6.26 Å². The molecule has 2 aromatic carbocycles. The molecule has 36 heavy (non-hydrogen) atoms. The molecular formula is C25H24F2N6O3. The van der Waals surface area contributed by atoms with Crippen molar-refractivity contribution in [2.24, 2.45) is 0 Å². The van der Waals surface area contributed by atoms with Crippen LogP contribution in [0.15, 0.2) is 71.3 Å². The first-order valence-corrected chi connectivity index (χ1v) is 11.1. The van der Waals surface area contributed by atoms with Crippen molar-refractivity contribution in [1.82, 2.24) is 25.5 Å². The number of hydrogen-bond acceptors (Lipinski definition) is 6. The van der Waals surface area contributed by atoms with Crippen molar-refractivity contribution in [2.45, 2.75) is 38.9 Å². The zero-order valence-electron chi connectivity index (χ0n) is 19.9. The summed E-state index contributed by atoms with van der Waals surface area (Å²) in [6, 6.07) is 12.7. The fourth-order valence-electron chi connectivity index (χ4n) is 3.54. The van der Waals surface area contributed by atoms with Crippen LogP contribution in [0.25, 0.3) is 11.4 Å². The molecule has 1 atom stereocenters. The molecule has 0 aliphatic carbocycles. The average Bonchev–Trinajstić information content (AvgIpc) is 3.49.